The van der Waals surface area contributed by atoms with Crippen molar-refractivity contribution in [3.8, 4) is 0 Å². The van der Waals surface area contributed by atoms with E-state index in [2.05, 4.69) is 58.6 Å². The lowest BCUT2D eigenvalue weighted by Gasteiger charge is -2.35. The number of benzene rings is 1. The molecule has 5 nitrogen and oxygen atoms in total. The number of piperidine rings is 1. The van der Waals surface area contributed by atoms with Gasteiger partial charge in [-0.05, 0) is 51.3 Å². The van der Waals surface area contributed by atoms with Gasteiger partial charge in [-0.3, -0.25) is 9.89 Å². The van der Waals surface area contributed by atoms with E-state index in [1.165, 1.54) is 43.4 Å². The second-order valence-electron chi connectivity index (χ2n) is 8.22. The zero-order valence-electron chi connectivity index (χ0n) is 18.3. The molecule has 0 spiro atoms. The average molecular weight is 514 g/mol. The molecule has 0 amide bonds. The fraction of sp³-hybridized carbons (Fsp3) is 0.696. The fourth-order valence-corrected chi connectivity index (χ4v) is 4.55. The lowest BCUT2D eigenvalue weighted by molar-refractivity contribution is -0.0265. The van der Waals surface area contributed by atoms with Gasteiger partial charge in [0.2, 0.25) is 0 Å². The molecule has 3 unspecified atom stereocenters. The molecule has 3 atom stereocenters. The van der Waals surface area contributed by atoms with Crippen molar-refractivity contribution in [1.82, 2.24) is 15.5 Å². The molecule has 2 aliphatic heterocycles. The van der Waals surface area contributed by atoms with Crippen molar-refractivity contribution in [2.45, 2.75) is 58.1 Å². The summed E-state index contributed by atoms with van der Waals surface area (Å²) in [5.41, 5.74) is 2.59. The summed E-state index contributed by atoms with van der Waals surface area (Å²) in [6.07, 6.45) is 6.45. The molecule has 2 N–H and O–H groups in total. The maximum atomic E-state index is 6.16. The molecule has 2 fully saturated rings. The molecular formula is C23H39IN4O. The quantitative estimate of drug-likeness (QED) is 0.341. The molecule has 6 heteroatoms. The fourth-order valence-electron chi connectivity index (χ4n) is 4.55. The number of likely N-dealkylation sites (N-methyl/N-ethyl adjacent to an activating group) is 1. The van der Waals surface area contributed by atoms with Crippen LogP contribution in [0.4, 0.5) is 0 Å². The molecule has 29 heavy (non-hydrogen) atoms. The van der Waals surface area contributed by atoms with E-state index in [1.807, 2.05) is 7.05 Å². The van der Waals surface area contributed by atoms with Gasteiger partial charge in [0, 0.05) is 38.7 Å². The van der Waals surface area contributed by atoms with Crippen LogP contribution in [0.5, 0.6) is 0 Å². The summed E-state index contributed by atoms with van der Waals surface area (Å²) >= 11 is 0. The molecule has 3 rings (SSSR count). The van der Waals surface area contributed by atoms with Crippen LogP contribution in [0, 0.1) is 12.8 Å². The van der Waals surface area contributed by atoms with Crippen molar-refractivity contribution in [3.05, 3.63) is 35.4 Å². The zero-order valence-corrected chi connectivity index (χ0v) is 20.7. The molecule has 2 aliphatic rings. The zero-order chi connectivity index (χ0) is 19.8. The van der Waals surface area contributed by atoms with Crippen molar-refractivity contribution in [2.24, 2.45) is 10.9 Å². The average Bonchev–Trinajstić information content (AvgIpc) is 2.75. The molecule has 0 aliphatic carbocycles. The van der Waals surface area contributed by atoms with E-state index in [4.69, 9.17) is 4.74 Å². The molecule has 0 radical (unpaired) electrons. The third-order valence-corrected chi connectivity index (χ3v) is 6.27. The Morgan fingerprint density at radius 2 is 1.86 bits per heavy atom. The largest absolute Gasteiger partial charge is 0.373 e. The predicted octanol–water partition coefficient (Wildman–Crippen LogP) is 4.12. The first-order valence-corrected chi connectivity index (χ1v) is 11.1. The summed E-state index contributed by atoms with van der Waals surface area (Å²) in [4.78, 5) is 7.04. The van der Waals surface area contributed by atoms with Crippen LogP contribution in [0.15, 0.2) is 29.3 Å². The van der Waals surface area contributed by atoms with Crippen molar-refractivity contribution in [2.75, 3.05) is 39.8 Å². The SMILES string of the molecule is CCN1CCCCC1CNC(=NC)NCC1CCCOC1c1ccc(C)cc1.I. The van der Waals surface area contributed by atoms with Crippen LogP contribution in [0.25, 0.3) is 0 Å². The van der Waals surface area contributed by atoms with Gasteiger partial charge in [0.25, 0.3) is 0 Å². The standard InChI is InChI=1S/C23H38N4O.HI/c1-4-27-14-6-5-9-21(27)17-26-23(24-3)25-16-20-8-7-15-28-22(20)19-12-10-18(2)11-13-19;/h10-13,20-22H,4-9,14-17H2,1-3H3,(H2,24,25,26);1H. The molecule has 0 bridgehead atoms. The van der Waals surface area contributed by atoms with Crippen LogP contribution in [0.1, 0.15) is 56.3 Å². The van der Waals surface area contributed by atoms with E-state index in [9.17, 15) is 0 Å². The smallest absolute Gasteiger partial charge is 0.191 e. The van der Waals surface area contributed by atoms with Gasteiger partial charge in [0.05, 0.1) is 6.10 Å². The lowest BCUT2D eigenvalue weighted by Crippen LogP contribution is -2.49. The highest BCUT2D eigenvalue weighted by Gasteiger charge is 2.28. The van der Waals surface area contributed by atoms with Crippen molar-refractivity contribution < 1.29 is 4.74 Å². The maximum absolute atomic E-state index is 6.16. The second-order valence-corrected chi connectivity index (χ2v) is 8.22. The van der Waals surface area contributed by atoms with Gasteiger partial charge in [0.15, 0.2) is 5.96 Å². The number of nitrogens with zero attached hydrogens (tertiary/aromatic N) is 2. The lowest BCUT2D eigenvalue weighted by atomic mass is 9.89. The summed E-state index contributed by atoms with van der Waals surface area (Å²) in [5.74, 6) is 1.38. The highest BCUT2D eigenvalue weighted by Crippen LogP contribution is 2.33. The minimum atomic E-state index is 0. The summed E-state index contributed by atoms with van der Waals surface area (Å²) in [6, 6.07) is 9.42. The van der Waals surface area contributed by atoms with Gasteiger partial charge in [-0.2, -0.15) is 0 Å². The first kappa shape index (κ1) is 24.4. The van der Waals surface area contributed by atoms with E-state index >= 15 is 0 Å². The number of ether oxygens (including phenoxy) is 1. The Morgan fingerprint density at radius 3 is 2.59 bits per heavy atom. The van der Waals surface area contributed by atoms with Gasteiger partial charge < -0.3 is 15.4 Å². The Morgan fingerprint density at radius 1 is 1.10 bits per heavy atom. The Hall–Kier alpha value is -0.860. The van der Waals surface area contributed by atoms with E-state index in [0.717, 1.165) is 38.6 Å². The van der Waals surface area contributed by atoms with E-state index in [1.54, 1.807) is 0 Å². The number of halogens is 1. The number of rotatable bonds is 6. The number of aryl methyl sites for hydroxylation is 1. The maximum Gasteiger partial charge on any atom is 0.191 e. The van der Waals surface area contributed by atoms with Crippen molar-refractivity contribution in [1.29, 1.82) is 0 Å². The van der Waals surface area contributed by atoms with E-state index in [-0.39, 0.29) is 30.1 Å². The van der Waals surface area contributed by atoms with Crippen LogP contribution >= 0.6 is 24.0 Å². The summed E-state index contributed by atoms with van der Waals surface area (Å²) in [7, 11) is 1.86. The Balaban J connectivity index is 0.00000300. The molecule has 0 aromatic heterocycles. The molecule has 0 saturated carbocycles. The van der Waals surface area contributed by atoms with Crippen LogP contribution in [-0.4, -0.2) is 56.7 Å². The van der Waals surface area contributed by atoms with Gasteiger partial charge in [-0.1, -0.05) is 43.2 Å². The highest BCUT2D eigenvalue weighted by molar-refractivity contribution is 14.0. The summed E-state index contributed by atoms with van der Waals surface area (Å²) in [6.45, 7) is 9.47. The molecule has 2 heterocycles. The predicted molar refractivity (Wildman–Crippen MR) is 132 cm³/mol. The first-order chi connectivity index (χ1) is 13.7. The summed E-state index contributed by atoms with van der Waals surface area (Å²) < 4.78 is 6.16. The van der Waals surface area contributed by atoms with Gasteiger partial charge in [-0.25, -0.2) is 0 Å². The first-order valence-electron chi connectivity index (χ1n) is 11.1. The normalized spacial score (nSPS) is 25.9. The molecule has 1 aromatic rings. The Labute approximate surface area is 194 Å². The Bertz CT molecular complexity index is 622. The van der Waals surface area contributed by atoms with Gasteiger partial charge in [-0.15, -0.1) is 24.0 Å². The number of nitrogens with one attached hydrogen (secondary N) is 2. The van der Waals surface area contributed by atoms with Crippen LogP contribution < -0.4 is 10.6 Å². The van der Waals surface area contributed by atoms with Crippen molar-refractivity contribution >= 4 is 29.9 Å². The van der Waals surface area contributed by atoms with Crippen LogP contribution in [0.3, 0.4) is 0 Å². The third-order valence-electron chi connectivity index (χ3n) is 6.27. The monoisotopic (exact) mass is 514 g/mol. The minimum Gasteiger partial charge on any atom is -0.373 e. The Kier molecular flexibility index (Phi) is 10.7. The van der Waals surface area contributed by atoms with Gasteiger partial charge in [0.1, 0.15) is 0 Å². The minimum absolute atomic E-state index is 0. The number of hydrogen-bond acceptors (Lipinski definition) is 3. The molecule has 1 aromatic carbocycles. The third kappa shape index (κ3) is 7.10. The van der Waals surface area contributed by atoms with Gasteiger partial charge >= 0.3 is 0 Å². The van der Waals surface area contributed by atoms with E-state index < -0.39 is 0 Å². The molecule has 164 valence electrons. The molecular weight excluding hydrogens is 475 g/mol. The number of aliphatic imine (C=N–C) groups is 1. The topological polar surface area (TPSA) is 48.9 Å². The second kappa shape index (κ2) is 12.7. The highest BCUT2D eigenvalue weighted by atomic mass is 127. The summed E-state index contributed by atoms with van der Waals surface area (Å²) in [5, 5.41) is 7.12. The molecule has 2 saturated heterocycles. The number of hydrogen-bond donors (Lipinski definition) is 2. The van der Waals surface area contributed by atoms with Crippen LogP contribution in [0.2, 0.25) is 0 Å². The van der Waals surface area contributed by atoms with Crippen LogP contribution in [-0.2, 0) is 4.74 Å². The number of guanidine groups is 1. The van der Waals surface area contributed by atoms with Crippen molar-refractivity contribution in [3.63, 3.8) is 0 Å². The van der Waals surface area contributed by atoms with E-state index in [0.29, 0.717) is 12.0 Å². The number of likely N-dealkylation sites (tertiary alicyclic amines) is 1.